The summed E-state index contributed by atoms with van der Waals surface area (Å²) in [4.78, 5) is 1.96. The van der Waals surface area contributed by atoms with Gasteiger partial charge in [0.2, 0.25) is 0 Å². The van der Waals surface area contributed by atoms with E-state index >= 15 is 0 Å². The number of benzene rings is 1. The van der Waals surface area contributed by atoms with E-state index in [1.807, 2.05) is 43.9 Å². The first-order valence-electron chi connectivity index (χ1n) is 6.60. The quantitative estimate of drug-likeness (QED) is 0.661. The Bertz CT molecular complexity index is 621. The molecule has 1 N–H and O–H groups in total. The molecule has 0 radical (unpaired) electrons. The van der Waals surface area contributed by atoms with E-state index in [0.29, 0.717) is 17.2 Å². The van der Waals surface area contributed by atoms with Gasteiger partial charge in [-0.3, -0.25) is 5.41 Å². The zero-order valence-electron chi connectivity index (χ0n) is 11.8. The molecule has 0 amide bonds. The molecule has 0 unspecified atom stereocenters. The highest BCUT2D eigenvalue weighted by Gasteiger charge is 2.15. The van der Waals surface area contributed by atoms with E-state index in [0.717, 1.165) is 29.6 Å². The van der Waals surface area contributed by atoms with Crippen molar-refractivity contribution in [3.05, 3.63) is 42.2 Å². The number of likely N-dealkylation sites (N-methyl/N-ethyl adjacent to an activating group) is 1. The molecule has 3 heteroatoms. The molecule has 1 heterocycles. The topological polar surface area (TPSA) is 40.2 Å². The Kier molecular flexibility index (Phi) is 3.74. The Morgan fingerprint density at radius 2 is 1.95 bits per heavy atom. The van der Waals surface area contributed by atoms with E-state index in [9.17, 15) is 0 Å². The van der Waals surface area contributed by atoms with E-state index in [1.165, 1.54) is 0 Å². The van der Waals surface area contributed by atoms with E-state index < -0.39 is 0 Å². The van der Waals surface area contributed by atoms with Crippen molar-refractivity contribution in [2.24, 2.45) is 0 Å². The minimum Gasteiger partial charge on any atom is -0.456 e. The highest BCUT2D eigenvalue weighted by atomic mass is 16.3. The lowest BCUT2D eigenvalue weighted by atomic mass is 10.1. The molecule has 1 aromatic carbocycles. The maximum Gasteiger partial charge on any atom is 0.138 e. The van der Waals surface area contributed by atoms with Crippen molar-refractivity contribution in [3.8, 4) is 0 Å². The number of nitrogens with one attached hydrogen (secondary N) is 1. The number of rotatable bonds is 4. The molecular formula is C16H20N2O. The molecule has 0 fully saturated rings. The van der Waals surface area contributed by atoms with Crippen LogP contribution in [0.3, 0.4) is 0 Å². The van der Waals surface area contributed by atoms with E-state index in [2.05, 4.69) is 12.6 Å². The Morgan fingerprint density at radius 3 is 2.58 bits per heavy atom. The summed E-state index contributed by atoms with van der Waals surface area (Å²) < 4.78 is 5.80. The third-order valence-electron chi connectivity index (χ3n) is 3.34. The van der Waals surface area contributed by atoms with Crippen LogP contribution in [0.2, 0.25) is 0 Å². The lowest BCUT2D eigenvalue weighted by Crippen LogP contribution is -2.30. The maximum atomic E-state index is 8.17. The van der Waals surface area contributed by atoms with Crippen LogP contribution in [0.25, 0.3) is 16.5 Å². The summed E-state index contributed by atoms with van der Waals surface area (Å²) in [7, 11) is 0. The normalized spacial score (nSPS) is 10.7. The fourth-order valence-electron chi connectivity index (χ4n) is 2.13. The number of furan rings is 1. The number of amidine groups is 1. The maximum absolute atomic E-state index is 8.17. The Labute approximate surface area is 114 Å². The van der Waals surface area contributed by atoms with Crippen LogP contribution >= 0.6 is 0 Å². The van der Waals surface area contributed by atoms with Gasteiger partial charge in [-0.05, 0) is 38.5 Å². The lowest BCUT2D eigenvalue weighted by Gasteiger charge is -2.21. The summed E-state index contributed by atoms with van der Waals surface area (Å²) >= 11 is 0. The van der Waals surface area contributed by atoms with Gasteiger partial charge in [-0.15, -0.1) is 0 Å². The summed E-state index contributed by atoms with van der Waals surface area (Å²) in [5, 5.41) is 9.22. The molecule has 2 rings (SSSR count). The van der Waals surface area contributed by atoms with Crippen molar-refractivity contribution in [3.63, 3.8) is 0 Å². The van der Waals surface area contributed by atoms with Crippen LogP contribution in [-0.2, 0) is 0 Å². The van der Waals surface area contributed by atoms with Crippen LogP contribution in [0.4, 0.5) is 0 Å². The van der Waals surface area contributed by atoms with Crippen molar-refractivity contribution in [1.82, 2.24) is 4.90 Å². The first-order valence-corrected chi connectivity index (χ1v) is 6.60. The van der Waals surface area contributed by atoms with E-state index in [1.54, 1.807) is 0 Å². The monoisotopic (exact) mass is 256 g/mol. The molecule has 0 spiro atoms. The minimum atomic E-state index is 0.431. The third kappa shape index (κ3) is 2.55. The van der Waals surface area contributed by atoms with Crippen LogP contribution in [0.1, 0.15) is 25.2 Å². The van der Waals surface area contributed by atoms with Crippen LogP contribution in [0.15, 0.2) is 35.3 Å². The smallest absolute Gasteiger partial charge is 0.138 e. The van der Waals surface area contributed by atoms with Gasteiger partial charge in [0.15, 0.2) is 0 Å². The van der Waals surface area contributed by atoms with Crippen molar-refractivity contribution >= 4 is 22.4 Å². The number of aryl methyl sites for hydroxylation is 1. The average Bonchev–Trinajstić information content (AvgIpc) is 2.81. The van der Waals surface area contributed by atoms with Gasteiger partial charge in [0.05, 0.1) is 5.57 Å². The molecular weight excluding hydrogens is 236 g/mol. The highest BCUT2D eigenvalue weighted by Crippen LogP contribution is 2.25. The van der Waals surface area contributed by atoms with Gasteiger partial charge in [-0.25, -0.2) is 0 Å². The standard InChI is InChI=1S/C16H20N2O/c1-5-18(6-2)16(17)12(4)14-10-13-8-7-11(3)9-15(13)19-14/h7-10,17H,4-6H2,1-3H3. The molecule has 2 aromatic rings. The predicted molar refractivity (Wildman–Crippen MR) is 80.6 cm³/mol. The van der Waals surface area contributed by atoms with Crippen molar-refractivity contribution in [1.29, 1.82) is 5.41 Å². The second-order valence-corrected chi connectivity index (χ2v) is 4.65. The van der Waals surface area contributed by atoms with E-state index in [-0.39, 0.29) is 0 Å². The van der Waals surface area contributed by atoms with Gasteiger partial charge in [0.25, 0.3) is 0 Å². The van der Waals surface area contributed by atoms with Crippen LogP contribution < -0.4 is 0 Å². The van der Waals surface area contributed by atoms with Crippen molar-refractivity contribution < 1.29 is 4.42 Å². The number of nitrogens with zero attached hydrogens (tertiary/aromatic N) is 1. The van der Waals surface area contributed by atoms with Crippen LogP contribution in [0, 0.1) is 12.3 Å². The molecule has 0 atom stereocenters. The summed E-state index contributed by atoms with van der Waals surface area (Å²) in [6.45, 7) is 11.7. The number of hydrogen-bond donors (Lipinski definition) is 1. The largest absolute Gasteiger partial charge is 0.456 e. The van der Waals surface area contributed by atoms with Gasteiger partial charge in [-0.1, -0.05) is 18.7 Å². The first kappa shape index (κ1) is 13.4. The predicted octanol–water partition coefficient (Wildman–Crippen LogP) is 4.07. The zero-order valence-corrected chi connectivity index (χ0v) is 11.8. The highest BCUT2D eigenvalue weighted by molar-refractivity contribution is 6.20. The van der Waals surface area contributed by atoms with E-state index in [4.69, 9.17) is 9.83 Å². The Balaban J connectivity index is 2.33. The minimum absolute atomic E-state index is 0.431. The molecule has 1 aromatic heterocycles. The van der Waals surface area contributed by atoms with Gasteiger partial charge < -0.3 is 9.32 Å². The van der Waals surface area contributed by atoms with Crippen LogP contribution in [-0.4, -0.2) is 23.8 Å². The molecule has 19 heavy (non-hydrogen) atoms. The number of fused-ring (bicyclic) bond motifs is 1. The summed E-state index contributed by atoms with van der Waals surface area (Å²) in [5.74, 6) is 1.11. The second kappa shape index (κ2) is 5.31. The summed E-state index contributed by atoms with van der Waals surface area (Å²) in [6, 6.07) is 8.05. The molecule has 100 valence electrons. The second-order valence-electron chi connectivity index (χ2n) is 4.65. The molecule has 0 saturated heterocycles. The fraction of sp³-hybridized carbons (Fsp3) is 0.312. The lowest BCUT2D eigenvalue weighted by molar-refractivity contribution is 0.465. The average molecular weight is 256 g/mol. The van der Waals surface area contributed by atoms with Gasteiger partial charge in [0, 0.05) is 18.5 Å². The third-order valence-corrected chi connectivity index (χ3v) is 3.34. The Hall–Kier alpha value is -2.03. The van der Waals surface area contributed by atoms with Gasteiger partial charge in [-0.2, -0.15) is 0 Å². The molecule has 0 bridgehead atoms. The summed E-state index contributed by atoms with van der Waals surface area (Å²) in [6.07, 6.45) is 0. The van der Waals surface area contributed by atoms with Gasteiger partial charge in [0.1, 0.15) is 17.2 Å². The SMILES string of the molecule is C=C(C(=N)N(CC)CC)c1cc2ccc(C)cc2o1. The zero-order chi connectivity index (χ0) is 14.0. The molecule has 0 aliphatic carbocycles. The fourth-order valence-corrected chi connectivity index (χ4v) is 2.13. The van der Waals surface area contributed by atoms with Crippen molar-refractivity contribution in [2.45, 2.75) is 20.8 Å². The Morgan fingerprint density at radius 1 is 1.26 bits per heavy atom. The van der Waals surface area contributed by atoms with Gasteiger partial charge >= 0.3 is 0 Å². The molecule has 0 aliphatic rings. The van der Waals surface area contributed by atoms with Crippen molar-refractivity contribution in [2.75, 3.05) is 13.1 Å². The molecule has 0 aliphatic heterocycles. The van der Waals surface area contributed by atoms with Crippen LogP contribution in [0.5, 0.6) is 0 Å². The summed E-state index contributed by atoms with van der Waals surface area (Å²) in [5.41, 5.74) is 2.65. The molecule has 0 saturated carbocycles. The first-order chi connectivity index (χ1) is 9.06. The molecule has 3 nitrogen and oxygen atoms in total. The number of hydrogen-bond acceptors (Lipinski definition) is 2.